The van der Waals surface area contributed by atoms with Gasteiger partial charge in [-0.25, -0.2) is 4.98 Å². The predicted molar refractivity (Wildman–Crippen MR) is 108 cm³/mol. The zero-order chi connectivity index (χ0) is 19.2. The Morgan fingerprint density at radius 1 is 1.26 bits per heavy atom. The Hall–Kier alpha value is -3.06. The zero-order valence-electron chi connectivity index (χ0n) is 15.7. The number of aromatic nitrogens is 2. The van der Waals surface area contributed by atoms with E-state index >= 15 is 0 Å². The Bertz CT molecular complexity index is 884. The van der Waals surface area contributed by atoms with Gasteiger partial charge in [-0.3, -0.25) is 4.98 Å². The Morgan fingerprint density at radius 2 is 2.04 bits per heavy atom. The van der Waals surface area contributed by atoms with Gasteiger partial charge in [0.25, 0.3) is 0 Å². The molecule has 2 N–H and O–H groups in total. The zero-order valence-corrected chi connectivity index (χ0v) is 15.7. The van der Waals surface area contributed by atoms with Crippen LogP contribution in [0, 0.1) is 6.92 Å². The molecule has 140 valence electrons. The number of hydrogen-bond donors (Lipinski definition) is 2. The van der Waals surface area contributed by atoms with Crippen LogP contribution in [0.15, 0.2) is 53.5 Å². The average molecular weight is 364 g/mol. The van der Waals surface area contributed by atoms with Gasteiger partial charge in [0.1, 0.15) is 11.6 Å². The lowest BCUT2D eigenvalue weighted by atomic mass is 10.0. The van der Waals surface area contributed by atoms with Crippen LogP contribution in [0.4, 0.5) is 0 Å². The van der Waals surface area contributed by atoms with Crippen LogP contribution in [0.2, 0.25) is 0 Å². The number of rotatable bonds is 4. The summed E-state index contributed by atoms with van der Waals surface area (Å²) < 4.78 is 0. The number of amidine groups is 1. The van der Waals surface area contributed by atoms with Crippen LogP contribution >= 0.6 is 0 Å². The van der Waals surface area contributed by atoms with Crippen LogP contribution in [0.1, 0.15) is 18.2 Å². The summed E-state index contributed by atoms with van der Waals surface area (Å²) in [6.45, 7) is 11.3. The molecule has 1 aliphatic rings. The van der Waals surface area contributed by atoms with Crippen molar-refractivity contribution in [2.45, 2.75) is 13.8 Å². The van der Waals surface area contributed by atoms with Gasteiger partial charge >= 0.3 is 0 Å². The average Bonchev–Trinajstić information content (AvgIpc) is 2.69. The summed E-state index contributed by atoms with van der Waals surface area (Å²) in [5.74, 6) is 0.950. The van der Waals surface area contributed by atoms with Crippen molar-refractivity contribution < 1.29 is 5.11 Å². The number of aryl methyl sites for hydroxylation is 1. The molecule has 1 saturated heterocycles. The number of aromatic hydroxyl groups is 1. The van der Waals surface area contributed by atoms with Crippen LogP contribution in [0.25, 0.3) is 11.3 Å². The van der Waals surface area contributed by atoms with Gasteiger partial charge in [-0.1, -0.05) is 12.6 Å². The van der Waals surface area contributed by atoms with Gasteiger partial charge in [-0.15, -0.1) is 10.2 Å². The minimum absolute atomic E-state index is 0.101. The Labute approximate surface area is 159 Å². The highest BCUT2D eigenvalue weighted by atomic mass is 16.3. The fourth-order valence-electron chi connectivity index (χ4n) is 2.89. The number of phenols is 1. The van der Waals surface area contributed by atoms with E-state index in [9.17, 15) is 5.11 Å². The summed E-state index contributed by atoms with van der Waals surface area (Å²) in [6.07, 6.45) is 4.96. The molecule has 1 aromatic carbocycles. The summed E-state index contributed by atoms with van der Waals surface area (Å²) in [5.41, 5.74) is 3.41. The van der Waals surface area contributed by atoms with Gasteiger partial charge in [0, 0.05) is 43.5 Å². The van der Waals surface area contributed by atoms with Crippen LogP contribution in [0.5, 0.6) is 5.75 Å². The fourth-order valence-corrected chi connectivity index (χ4v) is 2.89. The summed E-state index contributed by atoms with van der Waals surface area (Å²) in [4.78, 5) is 10.8. The second kappa shape index (κ2) is 8.55. The highest BCUT2D eigenvalue weighted by molar-refractivity contribution is 6.10. The monoisotopic (exact) mass is 364 g/mol. The van der Waals surface area contributed by atoms with E-state index in [0.717, 1.165) is 43.3 Å². The van der Waals surface area contributed by atoms with Crippen molar-refractivity contribution in [1.82, 2.24) is 20.2 Å². The van der Waals surface area contributed by atoms with E-state index in [2.05, 4.69) is 37.0 Å². The van der Waals surface area contributed by atoms with Gasteiger partial charge in [0.05, 0.1) is 23.3 Å². The van der Waals surface area contributed by atoms with Gasteiger partial charge in [0.2, 0.25) is 0 Å². The van der Waals surface area contributed by atoms with Crippen LogP contribution in [-0.2, 0) is 0 Å². The third-order valence-corrected chi connectivity index (χ3v) is 4.39. The van der Waals surface area contributed by atoms with Crippen molar-refractivity contribution in [2.75, 3.05) is 26.2 Å². The molecule has 7 heteroatoms. The second-order valence-electron chi connectivity index (χ2n) is 6.35. The third-order valence-electron chi connectivity index (χ3n) is 4.39. The molecule has 0 unspecified atom stereocenters. The smallest absolute Gasteiger partial charge is 0.125 e. The summed E-state index contributed by atoms with van der Waals surface area (Å²) in [5, 5.41) is 22.4. The maximum Gasteiger partial charge on any atom is 0.125 e. The number of nitrogens with zero attached hydrogens (tertiary/aromatic N) is 5. The normalized spacial score (nSPS) is 15.7. The maximum absolute atomic E-state index is 10.5. The molecule has 27 heavy (non-hydrogen) atoms. The molecule has 3 rings (SSSR count). The minimum atomic E-state index is 0.101. The molecule has 0 atom stereocenters. The fraction of sp³-hybridized carbons (Fsp3) is 0.300. The second-order valence-corrected chi connectivity index (χ2v) is 6.35. The Kier molecular flexibility index (Phi) is 5.93. The summed E-state index contributed by atoms with van der Waals surface area (Å²) in [6, 6.07) is 5.33. The number of nitrogens with one attached hydrogen (secondary N) is 1. The first-order valence-electron chi connectivity index (χ1n) is 8.91. The van der Waals surface area contributed by atoms with E-state index in [1.54, 1.807) is 30.6 Å². The first kappa shape index (κ1) is 18.7. The first-order chi connectivity index (χ1) is 13.1. The molecule has 0 saturated carbocycles. The van der Waals surface area contributed by atoms with Crippen molar-refractivity contribution in [3.63, 3.8) is 0 Å². The standard InChI is InChI=1S/C20H24N6O/c1-4-18(25-24-15(3)26-9-7-21-8-10-26)17-6-5-16(11-20(17)27)19-13-22-12-14(2)23-19/h4-6,11-13,21,27H,1,7-10H2,2-3H3/b24-15+,25-18+. The molecule has 2 heterocycles. The number of benzene rings is 1. The van der Waals surface area contributed by atoms with Crippen LogP contribution in [-0.4, -0.2) is 57.7 Å². The summed E-state index contributed by atoms with van der Waals surface area (Å²) in [7, 11) is 0. The molecule has 7 nitrogen and oxygen atoms in total. The van der Waals surface area contributed by atoms with E-state index in [1.165, 1.54) is 0 Å². The first-order valence-corrected chi connectivity index (χ1v) is 8.91. The molecule has 1 fully saturated rings. The molecule has 1 aromatic heterocycles. The lowest BCUT2D eigenvalue weighted by molar-refractivity contribution is 0.355. The van der Waals surface area contributed by atoms with Gasteiger partial charge in [-0.05, 0) is 32.1 Å². The van der Waals surface area contributed by atoms with E-state index in [1.807, 2.05) is 19.9 Å². The number of hydrogen-bond acceptors (Lipinski definition) is 6. The van der Waals surface area contributed by atoms with Gasteiger partial charge < -0.3 is 15.3 Å². The van der Waals surface area contributed by atoms with E-state index < -0.39 is 0 Å². The largest absolute Gasteiger partial charge is 0.507 e. The molecular formula is C20H24N6O. The quantitative estimate of drug-likeness (QED) is 0.494. The third kappa shape index (κ3) is 4.57. The van der Waals surface area contributed by atoms with E-state index in [0.29, 0.717) is 17.0 Å². The SMILES string of the molecule is C=C/C(=N\N=C(/C)N1CCNCC1)c1ccc(-c2cncc(C)n2)cc1O. The van der Waals surface area contributed by atoms with Gasteiger partial charge in [-0.2, -0.15) is 0 Å². The van der Waals surface area contributed by atoms with E-state index in [-0.39, 0.29) is 5.75 Å². The molecule has 1 aliphatic heterocycles. The van der Waals surface area contributed by atoms with Crippen LogP contribution < -0.4 is 5.32 Å². The Morgan fingerprint density at radius 3 is 2.70 bits per heavy atom. The molecule has 0 spiro atoms. The lowest BCUT2D eigenvalue weighted by Gasteiger charge is -2.28. The van der Waals surface area contributed by atoms with Crippen molar-refractivity contribution in [1.29, 1.82) is 0 Å². The van der Waals surface area contributed by atoms with Crippen LogP contribution in [0.3, 0.4) is 0 Å². The molecule has 0 radical (unpaired) electrons. The predicted octanol–water partition coefficient (Wildman–Crippen LogP) is 2.37. The maximum atomic E-state index is 10.5. The molecule has 0 amide bonds. The van der Waals surface area contributed by atoms with Crippen molar-refractivity contribution >= 4 is 11.5 Å². The molecule has 2 aromatic rings. The highest BCUT2D eigenvalue weighted by Crippen LogP contribution is 2.26. The van der Waals surface area contributed by atoms with Crippen molar-refractivity contribution in [2.24, 2.45) is 10.2 Å². The topological polar surface area (TPSA) is 86.0 Å². The molecule has 0 bridgehead atoms. The van der Waals surface area contributed by atoms with E-state index in [4.69, 9.17) is 0 Å². The van der Waals surface area contributed by atoms with Crippen molar-refractivity contribution in [3.8, 4) is 17.0 Å². The Balaban J connectivity index is 1.85. The lowest BCUT2D eigenvalue weighted by Crippen LogP contribution is -2.45. The minimum Gasteiger partial charge on any atom is -0.507 e. The number of allylic oxidation sites excluding steroid dienone is 1. The van der Waals surface area contributed by atoms with Gasteiger partial charge in [0.15, 0.2) is 0 Å². The molecule has 0 aliphatic carbocycles. The molecular weight excluding hydrogens is 340 g/mol. The van der Waals surface area contributed by atoms with Crippen molar-refractivity contribution in [3.05, 3.63) is 54.5 Å². The highest BCUT2D eigenvalue weighted by Gasteiger charge is 2.12. The summed E-state index contributed by atoms with van der Waals surface area (Å²) >= 11 is 0. The number of piperazine rings is 1. The number of phenolic OH excluding ortho intramolecular Hbond substituents is 1.